The lowest BCUT2D eigenvalue weighted by molar-refractivity contribution is -0.212. The molecule has 0 amide bonds. The molecule has 8 atom stereocenters. The van der Waals surface area contributed by atoms with Gasteiger partial charge in [0, 0.05) is 18.8 Å². The molecule has 0 radical (unpaired) electrons. The highest BCUT2D eigenvalue weighted by molar-refractivity contribution is 6.05. The third kappa shape index (κ3) is 3.29. The number of ether oxygens (including phenoxy) is 1. The zero-order valence-electron chi connectivity index (χ0n) is 23.4. The standard InChI is InChI=1S/C31H46O5/c1-17(2)25-21(33)16-31(27(34)35)15-10-20-19(26(25)31)8-9-23-29(20,6)13-11-22-28(4,5)24(36-18(3)32)12-14-30(22,23)7/h17,19-20,22-24H,8-16H2,1-7H3,(H,34,35)/t19-,20?,22?,23?,24-,29-,30-,31+/m0/s1. The van der Waals surface area contributed by atoms with Crippen LogP contribution in [0.5, 0.6) is 0 Å². The van der Waals surface area contributed by atoms with Crippen molar-refractivity contribution in [3.05, 3.63) is 11.1 Å². The normalized spacial score (nSPS) is 45.4. The van der Waals surface area contributed by atoms with Gasteiger partial charge in [0.25, 0.3) is 0 Å². The minimum atomic E-state index is -0.966. The van der Waals surface area contributed by atoms with E-state index >= 15 is 0 Å². The molecule has 4 saturated carbocycles. The van der Waals surface area contributed by atoms with Gasteiger partial charge in [-0.15, -0.1) is 0 Å². The van der Waals surface area contributed by atoms with E-state index in [-0.39, 0.29) is 52.4 Å². The molecule has 5 heteroatoms. The molecule has 0 bridgehead atoms. The van der Waals surface area contributed by atoms with Crippen molar-refractivity contribution in [2.45, 2.75) is 112 Å². The fourth-order valence-electron chi connectivity index (χ4n) is 10.9. The highest BCUT2D eigenvalue weighted by Crippen LogP contribution is 2.73. The Morgan fingerprint density at radius 1 is 0.917 bits per heavy atom. The molecular weight excluding hydrogens is 452 g/mol. The molecular formula is C31H46O5. The van der Waals surface area contributed by atoms with Gasteiger partial charge in [-0.25, -0.2) is 0 Å². The van der Waals surface area contributed by atoms with Crippen molar-refractivity contribution in [2.24, 2.45) is 51.2 Å². The summed E-state index contributed by atoms with van der Waals surface area (Å²) in [5.74, 6) is 0.907. The van der Waals surface area contributed by atoms with Crippen molar-refractivity contribution >= 4 is 17.7 Å². The molecule has 0 saturated heterocycles. The van der Waals surface area contributed by atoms with Gasteiger partial charge in [-0.1, -0.05) is 41.5 Å². The summed E-state index contributed by atoms with van der Waals surface area (Å²) in [6, 6.07) is 0. The minimum Gasteiger partial charge on any atom is -0.481 e. The third-order valence-electron chi connectivity index (χ3n) is 12.2. The summed E-state index contributed by atoms with van der Waals surface area (Å²) >= 11 is 0. The van der Waals surface area contributed by atoms with Crippen molar-refractivity contribution < 1.29 is 24.2 Å². The van der Waals surface area contributed by atoms with Crippen LogP contribution in [0.25, 0.3) is 0 Å². The maximum Gasteiger partial charge on any atom is 0.314 e. The molecule has 5 rings (SSSR count). The highest BCUT2D eigenvalue weighted by atomic mass is 16.5. The predicted molar refractivity (Wildman–Crippen MR) is 138 cm³/mol. The van der Waals surface area contributed by atoms with E-state index in [1.54, 1.807) is 0 Å². The number of carboxylic acids is 1. The number of carboxylic acid groups (broad SMARTS) is 1. The van der Waals surface area contributed by atoms with Gasteiger partial charge < -0.3 is 9.84 Å². The first-order valence-corrected chi connectivity index (χ1v) is 14.4. The van der Waals surface area contributed by atoms with Gasteiger partial charge in [0.2, 0.25) is 0 Å². The van der Waals surface area contributed by atoms with Crippen LogP contribution < -0.4 is 0 Å². The zero-order chi connectivity index (χ0) is 26.4. The molecule has 5 aliphatic carbocycles. The van der Waals surface area contributed by atoms with Gasteiger partial charge in [-0.3, -0.25) is 14.4 Å². The monoisotopic (exact) mass is 498 g/mol. The Bertz CT molecular complexity index is 1020. The number of carbonyl (C=O) groups excluding carboxylic acids is 2. The third-order valence-corrected chi connectivity index (χ3v) is 12.2. The lowest BCUT2D eigenvalue weighted by Gasteiger charge is -2.68. The number of Topliss-reactive ketones (excluding diaryl/α,β-unsaturated/α-hetero) is 1. The fraction of sp³-hybridized carbons (Fsp3) is 0.839. The van der Waals surface area contributed by atoms with Gasteiger partial charge >= 0.3 is 11.9 Å². The maximum atomic E-state index is 13.2. The Labute approximate surface area is 216 Å². The van der Waals surface area contributed by atoms with E-state index in [4.69, 9.17) is 4.74 Å². The molecule has 5 aliphatic rings. The van der Waals surface area contributed by atoms with Crippen molar-refractivity contribution in [3.8, 4) is 0 Å². The second-order valence-corrected chi connectivity index (χ2v) is 14.4. The molecule has 3 unspecified atom stereocenters. The van der Waals surface area contributed by atoms with Crippen molar-refractivity contribution in [1.29, 1.82) is 0 Å². The van der Waals surface area contributed by atoms with Crippen LogP contribution in [-0.2, 0) is 19.1 Å². The van der Waals surface area contributed by atoms with E-state index in [0.717, 1.165) is 56.1 Å². The Balaban J connectivity index is 1.52. The van der Waals surface area contributed by atoms with Crippen LogP contribution in [0.4, 0.5) is 0 Å². The summed E-state index contributed by atoms with van der Waals surface area (Å²) < 4.78 is 5.84. The number of hydrogen-bond donors (Lipinski definition) is 1. The Kier molecular flexibility index (Phi) is 5.90. The first kappa shape index (κ1) is 26.0. The number of fused-ring (bicyclic) bond motifs is 7. The molecule has 36 heavy (non-hydrogen) atoms. The van der Waals surface area contributed by atoms with Gasteiger partial charge in [0.15, 0.2) is 5.78 Å². The molecule has 0 aromatic carbocycles. The maximum absolute atomic E-state index is 13.2. The fourth-order valence-corrected chi connectivity index (χ4v) is 10.9. The molecule has 0 aliphatic heterocycles. The predicted octanol–water partition coefficient (Wildman–Crippen LogP) is 6.59. The first-order valence-electron chi connectivity index (χ1n) is 14.4. The van der Waals surface area contributed by atoms with Gasteiger partial charge in [-0.05, 0) is 103 Å². The van der Waals surface area contributed by atoms with Crippen LogP contribution in [0.2, 0.25) is 0 Å². The number of allylic oxidation sites excluding steroid dienone is 1. The second kappa shape index (κ2) is 8.17. The topological polar surface area (TPSA) is 80.7 Å². The lowest BCUT2D eigenvalue weighted by Crippen LogP contribution is -2.63. The number of aliphatic carboxylic acids is 1. The van der Waals surface area contributed by atoms with Crippen LogP contribution in [0.15, 0.2) is 11.1 Å². The molecule has 0 spiro atoms. The zero-order valence-corrected chi connectivity index (χ0v) is 23.4. The summed E-state index contributed by atoms with van der Waals surface area (Å²) in [6.07, 6.45) is 7.99. The quantitative estimate of drug-likeness (QED) is 0.444. The number of rotatable bonds is 3. The Morgan fingerprint density at radius 2 is 1.58 bits per heavy atom. The SMILES string of the molecule is CC(=O)O[C@H]1CC[C@@]2(C)C(CC[C@@]3(C)C4CC[C@@]5(C(=O)O)CC(=O)C(C(C)C)=C5[C@H]4CCC32)C1(C)C. The number of hydrogen-bond acceptors (Lipinski definition) is 4. The second-order valence-electron chi connectivity index (χ2n) is 14.4. The van der Waals surface area contributed by atoms with Crippen molar-refractivity contribution in [2.75, 3.05) is 0 Å². The van der Waals surface area contributed by atoms with E-state index in [1.807, 2.05) is 0 Å². The Morgan fingerprint density at radius 3 is 2.19 bits per heavy atom. The summed E-state index contributed by atoms with van der Waals surface area (Å²) in [5, 5.41) is 10.4. The minimum absolute atomic E-state index is 0.0251. The number of esters is 1. The number of ketones is 1. The molecule has 4 fully saturated rings. The van der Waals surface area contributed by atoms with Crippen LogP contribution in [0.3, 0.4) is 0 Å². The average Bonchev–Trinajstić information content (AvgIpc) is 3.09. The molecule has 0 heterocycles. The van der Waals surface area contributed by atoms with Gasteiger partial charge in [0.05, 0.1) is 5.41 Å². The Hall–Kier alpha value is -1.65. The van der Waals surface area contributed by atoms with Crippen LogP contribution in [-0.4, -0.2) is 28.9 Å². The van der Waals surface area contributed by atoms with E-state index in [2.05, 4.69) is 41.5 Å². The number of carbonyl (C=O) groups is 3. The molecule has 0 aromatic heterocycles. The summed E-state index contributed by atoms with van der Waals surface area (Å²) in [4.78, 5) is 37.7. The summed E-state index contributed by atoms with van der Waals surface area (Å²) in [6.45, 7) is 15.3. The van der Waals surface area contributed by atoms with Crippen molar-refractivity contribution in [1.82, 2.24) is 0 Å². The van der Waals surface area contributed by atoms with Gasteiger partial charge in [-0.2, -0.15) is 0 Å². The van der Waals surface area contributed by atoms with E-state index in [0.29, 0.717) is 24.2 Å². The van der Waals surface area contributed by atoms with Crippen LogP contribution in [0.1, 0.15) is 106 Å². The molecule has 200 valence electrons. The highest BCUT2D eigenvalue weighted by Gasteiger charge is 2.67. The van der Waals surface area contributed by atoms with E-state index in [9.17, 15) is 19.5 Å². The first-order chi connectivity index (χ1) is 16.7. The van der Waals surface area contributed by atoms with Crippen molar-refractivity contribution in [3.63, 3.8) is 0 Å². The largest absolute Gasteiger partial charge is 0.481 e. The summed E-state index contributed by atoms with van der Waals surface area (Å²) in [5.41, 5.74) is 1.16. The smallest absolute Gasteiger partial charge is 0.314 e. The average molecular weight is 499 g/mol. The molecule has 5 nitrogen and oxygen atoms in total. The van der Waals surface area contributed by atoms with E-state index in [1.165, 1.54) is 6.92 Å². The molecule has 1 N–H and O–H groups in total. The summed E-state index contributed by atoms with van der Waals surface area (Å²) in [7, 11) is 0. The van der Waals surface area contributed by atoms with Gasteiger partial charge in [0.1, 0.15) is 6.10 Å². The lowest BCUT2D eigenvalue weighted by atomic mass is 9.36. The van der Waals surface area contributed by atoms with Crippen LogP contribution >= 0.6 is 0 Å². The van der Waals surface area contributed by atoms with Crippen LogP contribution in [0, 0.1) is 51.2 Å². The van der Waals surface area contributed by atoms with E-state index < -0.39 is 11.4 Å². The molecule has 0 aromatic rings.